The van der Waals surface area contributed by atoms with E-state index in [0.29, 0.717) is 11.4 Å². The van der Waals surface area contributed by atoms with Crippen LogP contribution >= 0.6 is 11.3 Å². The monoisotopic (exact) mass is 311 g/mol. The van der Waals surface area contributed by atoms with E-state index in [1.807, 2.05) is 42.6 Å². The average Bonchev–Trinajstić information content (AvgIpc) is 3.01. The third kappa shape index (κ3) is 3.12. The van der Waals surface area contributed by atoms with Crippen LogP contribution in [0.5, 0.6) is 0 Å². The summed E-state index contributed by atoms with van der Waals surface area (Å²) in [5.41, 5.74) is 1.85. The number of aromatic amines is 1. The summed E-state index contributed by atoms with van der Waals surface area (Å²) in [4.78, 5) is 31.2. The first-order valence-corrected chi connectivity index (χ1v) is 7.53. The van der Waals surface area contributed by atoms with E-state index in [1.54, 1.807) is 12.1 Å². The van der Waals surface area contributed by atoms with E-state index in [4.69, 9.17) is 0 Å². The standard InChI is InChI=1S/C16H13N3O2S/c1-10-4-2-5-11(8-10)17-15(20)13-9-12(18-16(21)19-13)14-6-3-7-22-14/h2-9H,1H3,(H,17,20)(H,18,19,21). The molecule has 0 fully saturated rings. The van der Waals surface area contributed by atoms with E-state index in [-0.39, 0.29) is 5.69 Å². The van der Waals surface area contributed by atoms with Gasteiger partial charge in [-0.15, -0.1) is 11.3 Å². The van der Waals surface area contributed by atoms with Gasteiger partial charge < -0.3 is 10.3 Å². The van der Waals surface area contributed by atoms with Crippen molar-refractivity contribution < 1.29 is 4.79 Å². The fourth-order valence-corrected chi connectivity index (χ4v) is 2.75. The highest BCUT2D eigenvalue weighted by molar-refractivity contribution is 7.13. The number of aromatic nitrogens is 2. The Labute approximate surface area is 130 Å². The number of nitrogens with zero attached hydrogens (tertiary/aromatic N) is 1. The summed E-state index contributed by atoms with van der Waals surface area (Å²) in [5, 5.41) is 4.65. The molecular formula is C16H13N3O2S. The number of carbonyl (C=O) groups is 1. The van der Waals surface area contributed by atoms with Gasteiger partial charge in [-0.25, -0.2) is 4.79 Å². The topological polar surface area (TPSA) is 74.8 Å². The number of hydrogen-bond donors (Lipinski definition) is 2. The summed E-state index contributed by atoms with van der Waals surface area (Å²) in [7, 11) is 0. The van der Waals surface area contributed by atoms with Gasteiger partial charge in [-0.2, -0.15) is 4.98 Å². The molecule has 2 aromatic heterocycles. The van der Waals surface area contributed by atoms with Gasteiger partial charge in [-0.1, -0.05) is 18.2 Å². The van der Waals surface area contributed by atoms with E-state index in [2.05, 4.69) is 15.3 Å². The molecule has 0 radical (unpaired) electrons. The number of thiophene rings is 1. The van der Waals surface area contributed by atoms with Crippen LogP contribution in [0.15, 0.2) is 52.6 Å². The van der Waals surface area contributed by atoms with Crippen molar-refractivity contribution in [2.45, 2.75) is 6.92 Å². The fraction of sp³-hybridized carbons (Fsp3) is 0.0625. The predicted molar refractivity (Wildman–Crippen MR) is 87.3 cm³/mol. The highest BCUT2D eigenvalue weighted by Gasteiger charge is 2.12. The lowest BCUT2D eigenvalue weighted by Gasteiger charge is -2.06. The average molecular weight is 311 g/mol. The molecule has 1 amide bonds. The molecule has 3 aromatic rings. The van der Waals surface area contributed by atoms with E-state index in [0.717, 1.165) is 10.4 Å². The number of aryl methyl sites for hydroxylation is 1. The Bertz CT molecular complexity index is 869. The first-order valence-electron chi connectivity index (χ1n) is 6.65. The van der Waals surface area contributed by atoms with Crippen LogP contribution in [0, 0.1) is 6.92 Å². The van der Waals surface area contributed by atoms with Gasteiger partial charge in [0.15, 0.2) is 0 Å². The lowest BCUT2D eigenvalue weighted by Crippen LogP contribution is -2.21. The van der Waals surface area contributed by atoms with Crippen LogP contribution in [-0.4, -0.2) is 15.9 Å². The minimum absolute atomic E-state index is 0.0913. The Morgan fingerprint density at radius 1 is 1.23 bits per heavy atom. The summed E-state index contributed by atoms with van der Waals surface area (Å²) < 4.78 is 0. The zero-order chi connectivity index (χ0) is 15.5. The SMILES string of the molecule is Cc1cccc(NC(=O)c2cc(-c3cccs3)[nH]c(=O)n2)c1. The molecule has 0 bridgehead atoms. The van der Waals surface area contributed by atoms with Crippen molar-refractivity contribution in [3.63, 3.8) is 0 Å². The number of amides is 1. The molecular weight excluding hydrogens is 298 g/mol. The maximum Gasteiger partial charge on any atom is 0.346 e. The number of benzene rings is 1. The molecule has 3 rings (SSSR count). The second-order valence-electron chi connectivity index (χ2n) is 4.79. The van der Waals surface area contributed by atoms with Crippen molar-refractivity contribution in [3.8, 4) is 10.6 Å². The molecule has 0 saturated carbocycles. The second kappa shape index (κ2) is 5.95. The number of nitrogens with one attached hydrogen (secondary N) is 2. The maximum atomic E-state index is 12.3. The van der Waals surface area contributed by atoms with Crippen LogP contribution in [0.25, 0.3) is 10.6 Å². The molecule has 0 aliphatic carbocycles. The number of anilines is 1. The Balaban J connectivity index is 1.91. The van der Waals surface area contributed by atoms with Gasteiger partial charge in [0.2, 0.25) is 0 Å². The van der Waals surface area contributed by atoms with Crippen LogP contribution in [0.1, 0.15) is 16.1 Å². The smallest absolute Gasteiger partial charge is 0.321 e. The predicted octanol–water partition coefficient (Wildman–Crippen LogP) is 3.06. The van der Waals surface area contributed by atoms with Gasteiger partial charge in [0.25, 0.3) is 5.91 Å². The summed E-state index contributed by atoms with van der Waals surface area (Å²) in [6.07, 6.45) is 0. The van der Waals surface area contributed by atoms with Crippen molar-refractivity contribution in [2.75, 3.05) is 5.32 Å². The Hall–Kier alpha value is -2.73. The third-order valence-electron chi connectivity index (χ3n) is 3.04. The third-order valence-corrected chi connectivity index (χ3v) is 3.94. The Kier molecular flexibility index (Phi) is 3.84. The van der Waals surface area contributed by atoms with Crippen LogP contribution in [-0.2, 0) is 0 Å². The first kappa shape index (κ1) is 14.2. The van der Waals surface area contributed by atoms with Crippen molar-refractivity contribution >= 4 is 22.9 Å². The lowest BCUT2D eigenvalue weighted by molar-refractivity contribution is 0.102. The van der Waals surface area contributed by atoms with Crippen molar-refractivity contribution in [1.82, 2.24) is 9.97 Å². The molecule has 6 heteroatoms. The molecule has 0 unspecified atom stereocenters. The van der Waals surface area contributed by atoms with Crippen LogP contribution < -0.4 is 11.0 Å². The molecule has 0 spiro atoms. The van der Waals surface area contributed by atoms with Gasteiger partial charge in [-0.3, -0.25) is 4.79 Å². The van der Waals surface area contributed by atoms with Crippen LogP contribution in [0.2, 0.25) is 0 Å². The summed E-state index contributed by atoms with van der Waals surface area (Å²) in [6.45, 7) is 1.94. The summed E-state index contributed by atoms with van der Waals surface area (Å²) in [5.74, 6) is -0.408. The molecule has 0 saturated heterocycles. The van der Waals surface area contributed by atoms with Crippen LogP contribution in [0.4, 0.5) is 5.69 Å². The maximum absolute atomic E-state index is 12.3. The number of carbonyl (C=O) groups excluding carboxylic acids is 1. The fourth-order valence-electron chi connectivity index (χ4n) is 2.06. The van der Waals surface area contributed by atoms with Gasteiger partial charge >= 0.3 is 5.69 Å². The zero-order valence-corrected chi connectivity index (χ0v) is 12.6. The molecule has 2 N–H and O–H groups in total. The van der Waals surface area contributed by atoms with Gasteiger partial charge in [-0.05, 0) is 42.1 Å². The number of H-pyrrole nitrogens is 1. The number of rotatable bonds is 3. The molecule has 5 nitrogen and oxygen atoms in total. The molecule has 110 valence electrons. The van der Waals surface area contributed by atoms with E-state index in [1.165, 1.54) is 11.3 Å². The molecule has 22 heavy (non-hydrogen) atoms. The molecule has 0 atom stereocenters. The molecule has 2 heterocycles. The highest BCUT2D eigenvalue weighted by atomic mass is 32.1. The van der Waals surface area contributed by atoms with Crippen molar-refractivity contribution in [2.24, 2.45) is 0 Å². The Morgan fingerprint density at radius 2 is 2.09 bits per heavy atom. The highest BCUT2D eigenvalue weighted by Crippen LogP contribution is 2.22. The quantitative estimate of drug-likeness (QED) is 0.780. The summed E-state index contributed by atoms with van der Waals surface area (Å²) >= 11 is 1.48. The lowest BCUT2D eigenvalue weighted by atomic mass is 10.2. The van der Waals surface area contributed by atoms with E-state index >= 15 is 0 Å². The van der Waals surface area contributed by atoms with Gasteiger partial charge in [0.1, 0.15) is 5.69 Å². The minimum Gasteiger partial charge on any atom is -0.321 e. The number of hydrogen-bond acceptors (Lipinski definition) is 4. The van der Waals surface area contributed by atoms with E-state index in [9.17, 15) is 9.59 Å². The van der Waals surface area contributed by atoms with E-state index < -0.39 is 11.6 Å². The minimum atomic E-state index is -0.541. The van der Waals surface area contributed by atoms with Crippen LogP contribution in [0.3, 0.4) is 0 Å². The largest absolute Gasteiger partial charge is 0.346 e. The first-order chi connectivity index (χ1) is 10.6. The normalized spacial score (nSPS) is 10.4. The summed E-state index contributed by atoms with van der Waals surface area (Å²) in [6, 6.07) is 12.8. The van der Waals surface area contributed by atoms with Gasteiger partial charge in [0.05, 0.1) is 10.6 Å². The van der Waals surface area contributed by atoms with Crippen molar-refractivity contribution in [1.29, 1.82) is 0 Å². The van der Waals surface area contributed by atoms with Gasteiger partial charge in [0, 0.05) is 5.69 Å². The molecule has 0 aliphatic rings. The molecule has 1 aromatic carbocycles. The Morgan fingerprint density at radius 3 is 2.82 bits per heavy atom. The van der Waals surface area contributed by atoms with Crippen molar-refractivity contribution in [3.05, 3.63) is 69.6 Å². The second-order valence-corrected chi connectivity index (χ2v) is 5.73. The molecule has 0 aliphatic heterocycles. The zero-order valence-electron chi connectivity index (χ0n) is 11.8.